The molecule has 3 heteroatoms. The monoisotopic (exact) mass is 180 g/mol. The van der Waals surface area contributed by atoms with Gasteiger partial charge in [-0.15, -0.1) is 0 Å². The number of hydrogen-bond donors (Lipinski definition) is 0. The molecule has 0 amide bonds. The van der Waals surface area contributed by atoms with Crippen molar-refractivity contribution < 1.29 is 13.9 Å². The Morgan fingerprint density at radius 1 is 1.38 bits per heavy atom. The molecule has 1 aromatic carbocycles. The maximum atomic E-state index is 12.9. The molecule has 1 rings (SSSR count). The van der Waals surface area contributed by atoms with Crippen LogP contribution < -0.4 is 0 Å². The average Bonchev–Trinajstić information content (AvgIpc) is 2.15. The van der Waals surface area contributed by atoms with Gasteiger partial charge in [0.05, 0.1) is 0 Å². The van der Waals surface area contributed by atoms with E-state index < -0.39 is 0 Å². The van der Waals surface area contributed by atoms with Crippen molar-refractivity contribution in [3.8, 4) is 0 Å². The van der Waals surface area contributed by atoms with Crippen LogP contribution in [0.2, 0.25) is 0 Å². The van der Waals surface area contributed by atoms with E-state index in [4.69, 9.17) is 0 Å². The maximum absolute atomic E-state index is 12.9. The highest BCUT2D eigenvalue weighted by Gasteiger charge is 1.93. The Bertz CT molecular complexity index is 308. The molecule has 0 unspecified atom stereocenters. The minimum absolute atomic E-state index is 0.165. The summed E-state index contributed by atoms with van der Waals surface area (Å²) in [4.78, 5) is 9.75. The first-order valence-electron chi connectivity index (χ1n) is 3.81. The molecule has 0 heterocycles. The third-order valence-corrected chi connectivity index (χ3v) is 1.46. The van der Waals surface area contributed by atoms with Crippen LogP contribution in [-0.2, 0) is 9.53 Å². The van der Waals surface area contributed by atoms with E-state index in [9.17, 15) is 9.18 Å². The highest BCUT2D eigenvalue weighted by atomic mass is 19.1. The molecule has 0 atom stereocenters. The fourth-order valence-electron chi connectivity index (χ4n) is 0.880. The van der Waals surface area contributed by atoms with E-state index in [1.165, 1.54) is 6.07 Å². The summed E-state index contributed by atoms with van der Waals surface area (Å²) in [5.74, 6) is -0.287. The van der Waals surface area contributed by atoms with Crippen LogP contribution >= 0.6 is 0 Å². The molecule has 2 nitrogen and oxygen atoms in total. The molecule has 0 spiro atoms. The van der Waals surface area contributed by atoms with Gasteiger partial charge in [-0.05, 0) is 12.1 Å². The minimum Gasteiger partial charge on any atom is -0.464 e. The molecule has 1 aromatic rings. The molecule has 0 bridgehead atoms. The van der Waals surface area contributed by atoms with Crippen LogP contribution in [0.3, 0.4) is 0 Å². The number of hydrogen-bond acceptors (Lipinski definition) is 2. The second kappa shape index (κ2) is 5.09. The van der Waals surface area contributed by atoms with Crippen molar-refractivity contribution in [2.24, 2.45) is 0 Å². The topological polar surface area (TPSA) is 26.3 Å². The van der Waals surface area contributed by atoms with E-state index in [1.54, 1.807) is 30.4 Å². The molecule has 0 aliphatic rings. The number of carbonyl (C=O) groups excluding carboxylic acids is 1. The van der Waals surface area contributed by atoms with E-state index >= 15 is 0 Å². The Morgan fingerprint density at radius 2 is 2.15 bits per heavy atom. The van der Waals surface area contributed by atoms with E-state index in [1.807, 2.05) is 0 Å². The van der Waals surface area contributed by atoms with Crippen LogP contribution in [0.25, 0.3) is 6.08 Å². The Morgan fingerprint density at radius 3 is 2.85 bits per heavy atom. The maximum Gasteiger partial charge on any atom is 0.293 e. The summed E-state index contributed by atoms with van der Waals surface area (Å²) in [5, 5.41) is 0. The van der Waals surface area contributed by atoms with E-state index in [2.05, 4.69) is 4.74 Å². The Hall–Kier alpha value is -1.64. The third-order valence-electron chi connectivity index (χ3n) is 1.46. The quantitative estimate of drug-likeness (QED) is 0.523. The highest BCUT2D eigenvalue weighted by molar-refractivity contribution is 5.50. The summed E-state index contributed by atoms with van der Waals surface area (Å²) >= 11 is 0. The van der Waals surface area contributed by atoms with Gasteiger partial charge in [0.1, 0.15) is 12.4 Å². The van der Waals surface area contributed by atoms with E-state index in [0.29, 0.717) is 12.0 Å². The molecule has 0 aromatic heterocycles. The lowest BCUT2D eigenvalue weighted by molar-refractivity contribution is -0.127. The van der Waals surface area contributed by atoms with Crippen molar-refractivity contribution in [1.82, 2.24) is 0 Å². The molecule has 0 aliphatic carbocycles. The van der Waals surface area contributed by atoms with Crippen LogP contribution in [0.1, 0.15) is 5.56 Å². The van der Waals surface area contributed by atoms with Crippen molar-refractivity contribution in [3.05, 3.63) is 41.7 Å². The van der Waals surface area contributed by atoms with Crippen molar-refractivity contribution in [3.63, 3.8) is 0 Å². The van der Waals surface area contributed by atoms with E-state index in [-0.39, 0.29) is 12.4 Å². The third kappa shape index (κ3) is 3.07. The van der Waals surface area contributed by atoms with Gasteiger partial charge in [0, 0.05) is 5.56 Å². The molecule has 0 fully saturated rings. The predicted molar refractivity (Wildman–Crippen MR) is 47.5 cm³/mol. The first-order chi connectivity index (χ1) is 6.34. The predicted octanol–water partition coefficient (Wildman–Crippen LogP) is 2.01. The zero-order valence-corrected chi connectivity index (χ0v) is 6.94. The second-order valence-electron chi connectivity index (χ2n) is 2.35. The van der Waals surface area contributed by atoms with Crippen molar-refractivity contribution in [1.29, 1.82) is 0 Å². The largest absolute Gasteiger partial charge is 0.464 e. The van der Waals surface area contributed by atoms with Crippen LogP contribution in [0.15, 0.2) is 30.3 Å². The van der Waals surface area contributed by atoms with Crippen LogP contribution in [0, 0.1) is 5.82 Å². The molecule has 0 aliphatic heterocycles. The van der Waals surface area contributed by atoms with Gasteiger partial charge in [0.15, 0.2) is 0 Å². The normalized spacial score (nSPS) is 10.2. The lowest BCUT2D eigenvalue weighted by Gasteiger charge is -1.94. The Balaban J connectivity index is 2.58. The van der Waals surface area contributed by atoms with Crippen LogP contribution in [-0.4, -0.2) is 13.1 Å². The number of rotatable bonds is 4. The van der Waals surface area contributed by atoms with Crippen molar-refractivity contribution in [2.45, 2.75) is 0 Å². The lowest BCUT2D eigenvalue weighted by atomic mass is 10.2. The number of carbonyl (C=O) groups is 1. The zero-order chi connectivity index (χ0) is 9.52. The lowest BCUT2D eigenvalue weighted by Crippen LogP contribution is -1.86. The SMILES string of the molecule is O=COC/C=C/c1ccccc1F. The first-order valence-corrected chi connectivity index (χ1v) is 3.81. The van der Waals surface area contributed by atoms with E-state index in [0.717, 1.165) is 0 Å². The van der Waals surface area contributed by atoms with Gasteiger partial charge < -0.3 is 4.74 Å². The summed E-state index contributed by atoms with van der Waals surface area (Å²) in [6.07, 6.45) is 3.14. The van der Waals surface area contributed by atoms with Crippen molar-refractivity contribution >= 4 is 12.5 Å². The van der Waals surface area contributed by atoms with Gasteiger partial charge in [0.2, 0.25) is 0 Å². The van der Waals surface area contributed by atoms with Gasteiger partial charge in [-0.25, -0.2) is 4.39 Å². The van der Waals surface area contributed by atoms with Gasteiger partial charge >= 0.3 is 0 Å². The Labute approximate surface area is 75.6 Å². The second-order valence-corrected chi connectivity index (χ2v) is 2.35. The van der Waals surface area contributed by atoms with Crippen LogP contribution in [0.4, 0.5) is 4.39 Å². The minimum atomic E-state index is -0.287. The summed E-state index contributed by atoms with van der Waals surface area (Å²) < 4.78 is 17.3. The van der Waals surface area contributed by atoms with Gasteiger partial charge in [0.25, 0.3) is 6.47 Å². The number of ether oxygens (including phenoxy) is 1. The summed E-state index contributed by atoms with van der Waals surface area (Å²) in [6, 6.07) is 6.38. The average molecular weight is 180 g/mol. The summed E-state index contributed by atoms with van der Waals surface area (Å²) in [5.41, 5.74) is 0.483. The summed E-state index contributed by atoms with van der Waals surface area (Å²) in [7, 11) is 0. The molecule has 0 saturated heterocycles. The standard InChI is InChI=1S/C10H9FO2/c11-10-6-2-1-4-9(10)5-3-7-13-8-12/h1-6,8H,7H2/b5-3+. The van der Waals surface area contributed by atoms with Gasteiger partial charge in [-0.3, -0.25) is 4.79 Å². The van der Waals surface area contributed by atoms with Crippen LogP contribution in [0.5, 0.6) is 0 Å². The van der Waals surface area contributed by atoms with Gasteiger partial charge in [-0.1, -0.05) is 24.3 Å². The molecule has 0 radical (unpaired) electrons. The molecule has 13 heavy (non-hydrogen) atoms. The van der Waals surface area contributed by atoms with Crippen molar-refractivity contribution in [2.75, 3.05) is 6.61 Å². The smallest absolute Gasteiger partial charge is 0.293 e. The number of halogens is 1. The fourth-order valence-corrected chi connectivity index (χ4v) is 0.880. The first kappa shape index (κ1) is 9.45. The zero-order valence-electron chi connectivity index (χ0n) is 6.94. The summed E-state index contributed by atoms with van der Waals surface area (Å²) in [6.45, 7) is 0.517. The number of benzene rings is 1. The highest BCUT2D eigenvalue weighted by Crippen LogP contribution is 2.07. The molecule has 68 valence electrons. The van der Waals surface area contributed by atoms with Gasteiger partial charge in [-0.2, -0.15) is 0 Å². The molecular weight excluding hydrogens is 171 g/mol. The molecular formula is C10H9FO2. The Kier molecular flexibility index (Phi) is 3.70. The fraction of sp³-hybridized carbons (Fsp3) is 0.100. The molecule has 0 saturated carbocycles. The molecule has 0 N–H and O–H groups in total.